The third kappa shape index (κ3) is 5.04. The van der Waals surface area contributed by atoms with E-state index in [-0.39, 0.29) is 17.1 Å². The van der Waals surface area contributed by atoms with Crippen LogP contribution in [0.1, 0.15) is 42.9 Å². The Morgan fingerprint density at radius 3 is 2.17 bits per heavy atom. The summed E-state index contributed by atoms with van der Waals surface area (Å²) in [6.07, 6.45) is 3.90. The zero-order valence-corrected chi connectivity index (χ0v) is 17.1. The Morgan fingerprint density at radius 2 is 1.50 bits per heavy atom. The van der Waals surface area contributed by atoms with Crippen molar-refractivity contribution in [1.29, 1.82) is 0 Å². The monoisotopic (exact) mass is 408 g/mol. The van der Waals surface area contributed by atoms with Crippen molar-refractivity contribution in [2.24, 2.45) is 0 Å². The molecule has 0 heterocycles. The van der Waals surface area contributed by atoms with Gasteiger partial charge < -0.3 is 4.74 Å². The average molecular weight is 408 g/mol. The minimum absolute atomic E-state index is 0.137. The molecule has 4 heteroatoms. The lowest BCUT2D eigenvalue weighted by Crippen LogP contribution is -1.95. The first kappa shape index (κ1) is 21.5. The minimum Gasteiger partial charge on any atom is -0.494 e. The molecular formula is C26H23F3O. The van der Waals surface area contributed by atoms with E-state index in [0.29, 0.717) is 22.3 Å². The molecule has 0 N–H and O–H groups in total. The zero-order chi connectivity index (χ0) is 21.5. The molecule has 1 nitrogen and oxygen atoms in total. The minimum atomic E-state index is -1.01. The van der Waals surface area contributed by atoms with E-state index in [2.05, 4.69) is 18.8 Å². The molecule has 0 spiro atoms. The van der Waals surface area contributed by atoms with Gasteiger partial charge in [0.05, 0.1) is 7.11 Å². The number of hydrogen-bond donors (Lipinski definition) is 0. The molecule has 154 valence electrons. The second-order valence-electron chi connectivity index (χ2n) is 7.03. The molecule has 0 aliphatic heterocycles. The van der Waals surface area contributed by atoms with E-state index >= 15 is 0 Å². The van der Waals surface area contributed by atoms with Gasteiger partial charge in [-0.2, -0.15) is 4.39 Å². The molecule has 0 amide bonds. The molecule has 0 saturated carbocycles. The molecule has 3 aromatic rings. The predicted octanol–water partition coefficient (Wildman–Crippen LogP) is 6.91. The van der Waals surface area contributed by atoms with E-state index in [1.165, 1.54) is 25.3 Å². The lowest BCUT2D eigenvalue weighted by atomic mass is 10.0. The molecule has 0 unspecified atom stereocenters. The third-order valence-electron chi connectivity index (χ3n) is 4.92. The van der Waals surface area contributed by atoms with Crippen LogP contribution in [0.2, 0.25) is 0 Å². The lowest BCUT2D eigenvalue weighted by molar-refractivity contribution is 0.372. The highest BCUT2D eigenvalue weighted by Crippen LogP contribution is 2.29. The number of aryl methyl sites for hydroxylation is 1. The zero-order valence-electron chi connectivity index (χ0n) is 17.1. The lowest BCUT2D eigenvalue weighted by Gasteiger charge is -2.08. The van der Waals surface area contributed by atoms with Gasteiger partial charge in [0.2, 0.25) is 5.82 Å². The van der Waals surface area contributed by atoms with Crippen molar-refractivity contribution in [3.05, 3.63) is 88.7 Å². The summed E-state index contributed by atoms with van der Waals surface area (Å²) in [6.45, 7) is 2.12. The van der Waals surface area contributed by atoms with Crippen molar-refractivity contribution < 1.29 is 17.9 Å². The highest BCUT2D eigenvalue weighted by atomic mass is 19.2. The van der Waals surface area contributed by atoms with E-state index in [4.69, 9.17) is 4.74 Å². The fraction of sp³-hybridized carbons (Fsp3) is 0.231. The second kappa shape index (κ2) is 10.0. The first-order valence-electron chi connectivity index (χ1n) is 9.96. The Morgan fingerprint density at radius 1 is 0.800 bits per heavy atom. The molecule has 0 aliphatic rings. The number of hydrogen-bond acceptors (Lipinski definition) is 1. The maximum atomic E-state index is 14.3. The summed E-state index contributed by atoms with van der Waals surface area (Å²) >= 11 is 0. The maximum Gasteiger partial charge on any atom is 0.201 e. The molecule has 3 aromatic carbocycles. The van der Waals surface area contributed by atoms with Crippen LogP contribution < -0.4 is 4.74 Å². The summed E-state index contributed by atoms with van der Waals surface area (Å²) in [7, 11) is 1.29. The Kier molecular flexibility index (Phi) is 7.19. The van der Waals surface area contributed by atoms with Crippen LogP contribution in [0.5, 0.6) is 5.75 Å². The van der Waals surface area contributed by atoms with Crippen molar-refractivity contribution in [2.75, 3.05) is 7.11 Å². The standard InChI is InChI=1S/C26H23F3O/c1-3-4-5-6-21-14-11-19(17-23(21)27)8-7-18-9-12-20(13-10-18)22-15-16-24(30-2)26(29)25(22)28/h9-17H,3-6H2,1-2H3. The first-order valence-corrected chi connectivity index (χ1v) is 9.96. The third-order valence-corrected chi connectivity index (χ3v) is 4.92. The van der Waals surface area contributed by atoms with Gasteiger partial charge in [-0.05, 0) is 60.4 Å². The SMILES string of the molecule is CCCCCc1ccc(C#Cc2ccc(-c3ccc(OC)c(F)c3F)cc2)cc1F. The van der Waals surface area contributed by atoms with Crippen molar-refractivity contribution in [2.45, 2.75) is 32.6 Å². The van der Waals surface area contributed by atoms with Crippen molar-refractivity contribution in [3.63, 3.8) is 0 Å². The molecule has 0 atom stereocenters. The highest BCUT2D eigenvalue weighted by molar-refractivity contribution is 5.66. The summed E-state index contributed by atoms with van der Waals surface area (Å²) in [6, 6.07) is 14.7. The fourth-order valence-electron chi connectivity index (χ4n) is 3.18. The second-order valence-corrected chi connectivity index (χ2v) is 7.03. The quantitative estimate of drug-likeness (QED) is 0.318. The van der Waals surface area contributed by atoms with E-state index < -0.39 is 11.6 Å². The topological polar surface area (TPSA) is 9.23 Å². The van der Waals surface area contributed by atoms with Crippen LogP contribution in [-0.2, 0) is 6.42 Å². The largest absolute Gasteiger partial charge is 0.494 e. The number of ether oxygens (including phenoxy) is 1. The molecule has 30 heavy (non-hydrogen) atoms. The Hall–Kier alpha value is -3.19. The van der Waals surface area contributed by atoms with Crippen LogP contribution in [0.25, 0.3) is 11.1 Å². The molecule has 0 saturated heterocycles. The van der Waals surface area contributed by atoms with E-state index in [1.54, 1.807) is 30.3 Å². The number of methoxy groups -OCH3 is 1. The molecule has 0 fully saturated rings. The van der Waals surface area contributed by atoms with E-state index in [9.17, 15) is 13.2 Å². The first-order chi connectivity index (χ1) is 14.5. The number of halogens is 3. The van der Waals surface area contributed by atoms with Gasteiger partial charge in [-0.3, -0.25) is 0 Å². The molecule has 0 bridgehead atoms. The summed E-state index contributed by atoms with van der Waals surface area (Å²) in [5, 5.41) is 0. The van der Waals surface area contributed by atoms with Crippen LogP contribution in [0.15, 0.2) is 54.6 Å². The summed E-state index contributed by atoms with van der Waals surface area (Å²) in [5.41, 5.74) is 2.68. The number of benzene rings is 3. The van der Waals surface area contributed by atoms with Crippen molar-refractivity contribution >= 4 is 0 Å². The average Bonchev–Trinajstić information content (AvgIpc) is 2.76. The predicted molar refractivity (Wildman–Crippen MR) is 114 cm³/mol. The highest BCUT2D eigenvalue weighted by Gasteiger charge is 2.15. The maximum absolute atomic E-state index is 14.3. The van der Waals surface area contributed by atoms with Gasteiger partial charge in [-0.25, -0.2) is 8.78 Å². The van der Waals surface area contributed by atoms with Crippen LogP contribution in [0, 0.1) is 29.3 Å². The number of rotatable bonds is 6. The van der Waals surface area contributed by atoms with E-state index in [1.807, 2.05) is 6.07 Å². The molecule has 0 radical (unpaired) electrons. The van der Waals surface area contributed by atoms with Gasteiger partial charge in [0.1, 0.15) is 5.82 Å². The van der Waals surface area contributed by atoms with E-state index in [0.717, 1.165) is 25.7 Å². The summed E-state index contributed by atoms with van der Waals surface area (Å²) in [4.78, 5) is 0. The Balaban J connectivity index is 1.75. The molecule has 0 aromatic heterocycles. The van der Waals surface area contributed by atoms with Crippen LogP contribution in [0.4, 0.5) is 13.2 Å². The summed E-state index contributed by atoms with van der Waals surface area (Å²) in [5.74, 6) is 3.59. The van der Waals surface area contributed by atoms with Crippen LogP contribution >= 0.6 is 0 Å². The van der Waals surface area contributed by atoms with Crippen LogP contribution in [-0.4, -0.2) is 7.11 Å². The van der Waals surface area contributed by atoms with Crippen molar-refractivity contribution in [3.8, 4) is 28.7 Å². The summed E-state index contributed by atoms with van der Waals surface area (Å²) < 4.78 is 47.2. The molecule has 0 aliphatic carbocycles. The van der Waals surface area contributed by atoms with Gasteiger partial charge in [0, 0.05) is 16.7 Å². The molecular weight excluding hydrogens is 385 g/mol. The Labute approximate surface area is 175 Å². The number of unbranched alkanes of at least 4 members (excludes halogenated alkanes) is 2. The smallest absolute Gasteiger partial charge is 0.201 e. The normalized spacial score (nSPS) is 10.4. The Bertz CT molecular complexity index is 1080. The van der Waals surface area contributed by atoms with Gasteiger partial charge >= 0.3 is 0 Å². The van der Waals surface area contributed by atoms with Crippen molar-refractivity contribution in [1.82, 2.24) is 0 Å². The van der Waals surface area contributed by atoms with Gasteiger partial charge in [-0.15, -0.1) is 0 Å². The van der Waals surface area contributed by atoms with Gasteiger partial charge in [0.25, 0.3) is 0 Å². The fourth-order valence-corrected chi connectivity index (χ4v) is 3.18. The van der Waals surface area contributed by atoms with Gasteiger partial charge in [0.15, 0.2) is 11.6 Å². The van der Waals surface area contributed by atoms with Crippen LogP contribution in [0.3, 0.4) is 0 Å². The molecule has 3 rings (SSSR count). The van der Waals surface area contributed by atoms with Gasteiger partial charge in [-0.1, -0.05) is 49.8 Å².